The van der Waals surface area contributed by atoms with Gasteiger partial charge in [0, 0.05) is 6.42 Å². The molecule has 0 aliphatic rings. The van der Waals surface area contributed by atoms with Gasteiger partial charge in [0.15, 0.2) is 0 Å². The molecule has 0 aliphatic heterocycles. The molecule has 1 amide bonds. The number of phosphoric acid groups is 1. The predicted octanol–water partition coefficient (Wildman–Crippen LogP) is 17.9. The number of quaternary nitrogens is 1. The molecule has 0 rings (SSSR count). The summed E-state index contributed by atoms with van der Waals surface area (Å²) in [6.45, 7) is 4.52. The van der Waals surface area contributed by atoms with Crippen molar-refractivity contribution in [1.29, 1.82) is 0 Å². The van der Waals surface area contributed by atoms with E-state index in [0.717, 1.165) is 103 Å². The maximum absolute atomic E-state index is 12.9. The monoisotopic (exact) mass is 1050 g/mol. The van der Waals surface area contributed by atoms with Gasteiger partial charge >= 0.3 is 0 Å². The Bertz CT molecular complexity index is 1620. The van der Waals surface area contributed by atoms with Crippen LogP contribution in [0.25, 0.3) is 0 Å². The molecule has 9 heteroatoms. The molecule has 3 unspecified atom stereocenters. The molecule has 3 atom stereocenters. The van der Waals surface area contributed by atoms with Crippen LogP contribution in [-0.4, -0.2) is 68.5 Å². The Labute approximate surface area is 456 Å². The predicted molar refractivity (Wildman–Crippen MR) is 320 cm³/mol. The lowest BCUT2D eigenvalue weighted by Crippen LogP contribution is -2.45. The Hall–Kier alpha value is -3.10. The first kappa shape index (κ1) is 70.9. The molecule has 0 bridgehead atoms. The van der Waals surface area contributed by atoms with Gasteiger partial charge in [-0.15, -0.1) is 0 Å². The van der Waals surface area contributed by atoms with Gasteiger partial charge in [0.05, 0.1) is 39.9 Å². The minimum atomic E-state index is -4.60. The lowest BCUT2D eigenvalue weighted by molar-refractivity contribution is -0.870. The Morgan fingerprint density at radius 2 is 0.824 bits per heavy atom. The van der Waals surface area contributed by atoms with Crippen LogP contribution in [0, 0.1) is 0 Å². The van der Waals surface area contributed by atoms with Crippen molar-refractivity contribution in [2.45, 2.75) is 244 Å². The maximum Gasteiger partial charge on any atom is 0.268 e. The number of allylic oxidation sites excluding steroid dienone is 19. The number of phosphoric ester groups is 1. The molecule has 0 saturated heterocycles. The number of carbonyl (C=O) groups excluding carboxylic acids is 1. The van der Waals surface area contributed by atoms with Crippen LogP contribution in [0.15, 0.2) is 122 Å². The number of aliphatic hydroxyl groups is 1. The molecule has 0 radical (unpaired) electrons. The minimum Gasteiger partial charge on any atom is -0.756 e. The summed E-state index contributed by atoms with van der Waals surface area (Å²) in [5.74, 6) is -0.206. The molecule has 8 nitrogen and oxygen atoms in total. The van der Waals surface area contributed by atoms with Crippen molar-refractivity contribution in [3.63, 3.8) is 0 Å². The summed E-state index contributed by atoms with van der Waals surface area (Å²) in [5.41, 5.74) is 0. The summed E-state index contributed by atoms with van der Waals surface area (Å²) in [4.78, 5) is 25.5. The SMILES string of the molecule is CC/C=C\C/C=C\C/C=C\C/C=C\C/C=C\C/C=C\C/C=C\C/C=C\C/C=C\CCCCCCCCCCCCCC(=O)NC(COP(=O)([O-])OCC[N+](C)(C)C)C(O)/C=C/CCCCCCCCCCCCC. The van der Waals surface area contributed by atoms with Gasteiger partial charge in [-0.2, -0.15) is 0 Å². The summed E-state index contributed by atoms with van der Waals surface area (Å²) in [5, 5.41) is 13.8. The van der Waals surface area contributed by atoms with E-state index < -0.39 is 20.0 Å². The average Bonchev–Trinajstić information content (AvgIpc) is 3.36. The van der Waals surface area contributed by atoms with Gasteiger partial charge in [-0.1, -0.05) is 257 Å². The van der Waals surface area contributed by atoms with Gasteiger partial charge in [0.25, 0.3) is 7.82 Å². The van der Waals surface area contributed by atoms with E-state index >= 15 is 0 Å². The molecule has 0 aromatic heterocycles. The Morgan fingerprint density at radius 1 is 0.486 bits per heavy atom. The van der Waals surface area contributed by atoms with Crippen molar-refractivity contribution in [3.05, 3.63) is 122 Å². The molecule has 0 aromatic carbocycles. The molecular weight excluding hydrogens is 936 g/mol. The third-order valence-corrected chi connectivity index (χ3v) is 13.6. The molecule has 74 heavy (non-hydrogen) atoms. The van der Waals surface area contributed by atoms with Crippen molar-refractivity contribution in [3.8, 4) is 0 Å². The topological polar surface area (TPSA) is 108 Å². The van der Waals surface area contributed by atoms with Crippen molar-refractivity contribution in [2.24, 2.45) is 0 Å². The Morgan fingerprint density at radius 3 is 1.20 bits per heavy atom. The normalized spacial score (nSPS) is 14.7. The number of amides is 1. The second-order valence-electron chi connectivity index (χ2n) is 21.0. The van der Waals surface area contributed by atoms with E-state index in [1.165, 1.54) is 109 Å². The first-order valence-electron chi connectivity index (χ1n) is 29.9. The van der Waals surface area contributed by atoms with Gasteiger partial charge in [0.1, 0.15) is 13.2 Å². The van der Waals surface area contributed by atoms with Crippen molar-refractivity contribution < 1.29 is 32.9 Å². The molecule has 424 valence electrons. The number of unbranched alkanes of at least 4 members (excludes halogenated alkanes) is 22. The van der Waals surface area contributed by atoms with Gasteiger partial charge < -0.3 is 28.8 Å². The highest BCUT2D eigenvalue weighted by atomic mass is 31.2. The molecule has 0 spiro atoms. The van der Waals surface area contributed by atoms with E-state index in [1.807, 2.05) is 27.2 Å². The van der Waals surface area contributed by atoms with Crippen LogP contribution in [-0.2, 0) is 18.4 Å². The zero-order valence-electron chi connectivity index (χ0n) is 48.2. The van der Waals surface area contributed by atoms with E-state index in [2.05, 4.69) is 129 Å². The third kappa shape index (κ3) is 56.6. The largest absolute Gasteiger partial charge is 0.756 e. The Kier molecular flexibility index (Phi) is 52.4. The summed E-state index contributed by atoms with van der Waals surface area (Å²) >= 11 is 0. The summed E-state index contributed by atoms with van der Waals surface area (Å²) in [6.07, 6.45) is 81.4. The molecule has 2 N–H and O–H groups in total. The highest BCUT2D eigenvalue weighted by Gasteiger charge is 2.23. The van der Waals surface area contributed by atoms with Crippen molar-refractivity contribution >= 4 is 13.7 Å². The highest BCUT2D eigenvalue weighted by Crippen LogP contribution is 2.38. The quantitative estimate of drug-likeness (QED) is 0.0272. The lowest BCUT2D eigenvalue weighted by Gasteiger charge is -2.29. The van der Waals surface area contributed by atoms with Crippen LogP contribution in [0.5, 0.6) is 0 Å². The fourth-order valence-corrected chi connectivity index (χ4v) is 8.75. The number of hydrogen-bond acceptors (Lipinski definition) is 6. The van der Waals surface area contributed by atoms with Crippen molar-refractivity contribution in [1.82, 2.24) is 5.32 Å². The Balaban J connectivity index is 4.08. The number of aliphatic hydroxyl groups excluding tert-OH is 1. The number of nitrogens with zero attached hydrogens (tertiary/aromatic N) is 1. The van der Waals surface area contributed by atoms with E-state index in [4.69, 9.17) is 9.05 Å². The summed E-state index contributed by atoms with van der Waals surface area (Å²) in [7, 11) is 1.25. The first-order valence-corrected chi connectivity index (χ1v) is 31.4. The van der Waals surface area contributed by atoms with Crippen LogP contribution in [0.1, 0.15) is 232 Å². The number of nitrogens with one attached hydrogen (secondary N) is 1. The zero-order valence-corrected chi connectivity index (χ0v) is 49.1. The number of hydrogen-bond donors (Lipinski definition) is 2. The van der Waals surface area contributed by atoms with E-state index in [9.17, 15) is 19.4 Å². The second-order valence-corrected chi connectivity index (χ2v) is 22.4. The molecule has 0 fully saturated rings. The fraction of sp³-hybridized carbons (Fsp3) is 0.677. The first-order chi connectivity index (χ1) is 36.0. The average molecular weight is 1050 g/mol. The van der Waals surface area contributed by atoms with Gasteiger partial charge in [-0.3, -0.25) is 9.36 Å². The zero-order chi connectivity index (χ0) is 54.2. The molecule has 0 saturated carbocycles. The molecule has 0 aromatic rings. The van der Waals surface area contributed by atoms with E-state index in [1.54, 1.807) is 6.08 Å². The van der Waals surface area contributed by atoms with E-state index in [0.29, 0.717) is 17.4 Å². The van der Waals surface area contributed by atoms with Crippen LogP contribution < -0.4 is 10.2 Å². The van der Waals surface area contributed by atoms with Crippen LogP contribution in [0.4, 0.5) is 0 Å². The minimum absolute atomic E-state index is 0.00642. The molecule has 0 heterocycles. The summed E-state index contributed by atoms with van der Waals surface area (Å²) in [6, 6.07) is -0.895. The maximum atomic E-state index is 12.9. The third-order valence-electron chi connectivity index (χ3n) is 12.7. The van der Waals surface area contributed by atoms with Gasteiger partial charge in [-0.05, 0) is 89.9 Å². The number of likely N-dealkylation sites (N-methyl/N-ethyl adjacent to an activating group) is 1. The lowest BCUT2D eigenvalue weighted by atomic mass is 10.0. The standard InChI is InChI=1S/C65H113N2O6P/c1-6-8-10-12-14-16-18-20-21-22-23-24-25-26-27-28-29-30-31-32-33-34-35-36-37-38-39-40-41-42-43-44-45-47-49-51-53-55-57-59-65(69)66-63(62-73-74(70,71)72-61-60-67(3,4)5)64(68)58-56-54-52-50-48-46-19-17-15-13-11-9-7-2/h8,10,14,16,20-21,23-24,26-27,29-30,32-33,35-36,38-39,56,58,63-64,68H,6-7,9,11-13,15,17-19,22,25,28,31,34,37,40-55,57,59-62H2,1-5H3,(H-,66,69,70,71)/b10-8-,16-14-,21-20-,24-23-,27-26-,30-29-,33-32-,36-35-,39-38-,58-56+. The second kappa shape index (κ2) is 54.7. The molecule has 0 aliphatic carbocycles. The van der Waals surface area contributed by atoms with Gasteiger partial charge in [0.2, 0.25) is 5.91 Å². The van der Waals surface area contributed by atoms with Crippen LogP contribution in [0.2, 0.25) is 0 Å². The van der Waals surface area contributed by atoms with E-state index in [-0.39, 0.29) is 19.1 Å². The molecular formula is C65H113N2O6P. The number of rotatable bonds is 53. The highest BCUT2D eigenvalue weighted by molar-refractivity contribution is 7.45. The van der Waals surface area contributed by atoms with Crippen LogP contribution >= 0.6 is 7.82 Å². The van der Waals surface area contributed by atoms with Crippen molar-refractivity contribution in [2.75, 3.05) is 40.9 Å². The van der Waals surface area contributed by atoms with Gasteiger partial charge in [-0.25, -0.2) is 0 Å². The fourth-order valence-electron chi connectivity index (χ4n) is 8.03. The smallest absolute Gasteiger partial charge is 0.268 e. The number of carbonyl (C=O) groups is 1. The summed E-state index contributed by atoms with van der Waals surface area (Å²) < 4.78 is 23.3. The van der Waals surface area contributed by atoms with Crippen LogP contribution in [0.3, 0.4) is 0 Å².